The normalized spacial score (nSPS) is 10.5. The van der Waals surface area contributed by atoms with E-state index >= 15 is 0 Å². The van der Waals surface area contributed by atoms with Crippen LogP contribution in [0, 0.1) is 11.6 Å². The second-order valence-electron chi connectivity index (χ2n) is 4.00. The fraction of sp³-hybridized carbons (Fsp3) is 0. The highest BCUT2D eigenvalue weighted by molar-refractivity contribution is 9.10. The summed E-state index contributed by atoms with van der Waals surface area (Å²) in [7, 11) is 0. The van der Waals surface area contributed by atoms with E-state index in [9.17, 15) is 13.6 Å². The summed E-state index contributed by atoms with van der Waals surface area (Å²) < 4.78 is 27.9. The third kappa shape index (κ3) is 3.12. The molecule has 8 heteroatoms. The van der Waals surface area contributed by atoms with Crippen LogP contribution < -0.4 is 11.1 Å². The van der Waals surface area contributed by atoms with Crippen LogP contribution in [0.3, 0.4) is 0 Å². The molecular weight excluding hydrogens is 389 g/mol. The Labute approximate surface area is 137 Å². The Bertz CT molecular complexity index is 741. The first-order valence-corrected chi connectivity index (χ1v) is 7.06. The van der Waals surface area contributed by atoms with Crippen molar-refractivity contribution in [3.63, 3.8) is 0 Å². The molecular formula is C13H7BrCl2F2N2O. The van der Waals surface area contributed by atoms with Crippen LogP contribution in [0.25, 0.3) is 0 Å². The Morgan fingerprint density at radius 3 is 2.48 bits per heavy atom. The molecule has 21 heavy (non-hydrogen) atoms. The van der Waals surface area contributed by atoms with E-state index in [2.05, 4.69) is 21.2 Å². The number of halogens is 5. The largest absolute Gasteiger partial charge is 0.396 e. The highest BCUT2D eigenvalue weighted by Gasteiger charge is 2.21. The van der Waals surface area contributed by atoms with Crippen LogP contribution in [0.4, 0.5) is 20.2 Å². The van der Waals surface area contributed by atoms with Crippen LogP contribution in [0.2, 0.25) is 10.0 Å². The second kappa shape index (κ2) is 6.17. The van der Waals surface area contributed by atoms with Gasteiger partial charge in [0, 0.05) is 4.47 Å². The van der Waals surface area contributed by atoms with Crippen molar-refractivity contribution < 1.29 is 13.6 Å². The summed E-state index contributed by atoms with van der Waals surface area (Å²) in [4.78, 5) is 12.0. The maximum absolute atomic E-state index is 13.8. The van der Waals surface area contributed by atoms with E-state index in [1.165, 1.54) is 12.1 Å². The van der Waals surface area contributed by atoms with Crippen LogP contribution in [-0.4, -0.2) is 5.91 Å². The van der Waals surface area contributed by atoms with Crippen LogP contribution in [0.1, 0.15) is 10.4 Å². The molecule has 0 aromatic heterocycles. The zero-order valence-electron chi connectivity index (χ0n) is 10.2. The summed E-state index contributed by atoms with van der Waals surface area (Å²) >= 11 is 15.0. The lowest BCUT2D eigenvalue weighted by Crippen LogP contribution is -2.17. The molecule has 0 saturated heterocycles. The van der Waals surface area contributed by atoms with Gasteiger partial charge in [0.1, 0.15) is 11.4 Å². The molecule has 0 saturated carbocycles. The van der Waals surface area contributed by atoms with E-state index < -0.39 is 23.1 Å². The van der Waals surface area contributed by atoms with Gasteiger partial charge in [-0.1, -0.05) is 23.2 Å². The van der Waals surface area contributed by atoms with Crippen LogP contribution in [0.15, 0.2) is 28.7 Å². The zero-order chi connectivity index (χ0) is 15.7. The van der Waals surface area contributed by atoms with E-state index in [1.807, 2.05) is 0 Å². The molecule has 0 radical (unpaired) electrons. The Hall–Kier alpha value is -1.37. The van der Waals surface area contributed by atoms with Crippen molar-refractivity contribution in [2.75, 3.05) is 11.1 Å². The first kappa shape index (κ1) is 16.0. The van der Waals surface area contributed by atoms with E-state index in [0.717, 1.165) is 12.1 Å². The standard InChI is InChI=1S/C13H7BrCl2F2N2O/c14-5-1-4-8(11(16)10(5)15)20-13(21)9-6(17)2-3-7(19)12(9)18/h1-4H,19H2,(H,20,21). The number of nitrogen functional groups attached to an aromatic ring is 1. The number of nitrogens with two attached hydrogens (primary N) is 1. The lowest BCUT2D eigenvalue weighted by Gasteiger charge is -2.11. The Balaban J connectivity index is 2.40. The Morgan fingerprint density at radius 2 is 1.81 bits per heavy atom. The number of carbonyl (C=O) groups is 1. The summed E-state index contributed by atoms with van der Waals surface area (Å²) in [5, 5.41) is 2.51. The SMILES string of the molecule is Nc1ccc(F)c(C(=O)Nc2ccc(Br)c(Cl)c2Cl)c1F. The lowest BCUT2D eigenvalue weighted by atomic mass is 10.1. The number of rotatable bonds is 2. The number of hydrogen-bond acceptors (Lipinski definition) is 2. The Kier molecular flexibility index (Phi) is 4.70. The lowest BCUT2D eigenvalue weighted by molar-refractivity contribution is 0.101. The summed E-state index contributed by atoms with van der Waals surface area (Å²) in [6.45, 7) is 0. The average molecular weight is 396 g/mol. The molecule has 0 bridgehead atoms. The molecule has 0 atom stereocenters. The molecule has 0 unspecified atom stereocenters. The second-order valence-corrected chi connectivity index (χ2v) is 5.61. The number of nitrogens with one attached hydrogen (secondary N) is 1. The number of hydrogen-bond donors (Lipinski definition) is 2. The number of amides is 1. The molecule has 0 aliphatic carbocycles. The van der Waals surface area contributed by atoms with Gasteiger partial charge in [0.05, 0.1) is 21.4 Å². The quantitative estimate of drug-likeness (QED) is 0.563. The third-order valence-corrected chi connectivity index (χ3v) is 4.40. The van der Waals surface area contributed by atoms with Crippen LogP contribution in [-0.2, 0) is 0 Å². The van der Waals surface area contributed by atoms with E-state index in [1.54, 1.807) is 0 Å². The predicted octanol–water partition coefficient (Wildman–Crippen LogP) is 4.87. The van der Waals surface area contributed by atoms with Gasteiger partial charge in [0.15, 0.2) is 5.82 Å². The predicted molar refractivity (Wildman–Crippen MR) is 82.9 cm³/mol. The fourth-order valence-corrected chi connectivity index (χ4v) is 2.41. The smallest absolute Gasteiger partial charge is 0.261 e. The summed E-state index contributed by atoms with van der Waals surface area (Å²) in [6, 6.07) is 4.92. The van der Waals surface area contributed by atoms with Gasteiger partial charge < -0.3 is 11.1 Å². The van der Waals surface area contributed by atoms with Crippen molar-refractivity contribution in [1.29, 1.82) is 0 Å². The highest BCUT2D eigenvalue weighted by Crippen LogP contribution is 2.36. The molecule has 3 nitrogen and oxygen atoms in total. The summed E-state index contributed by atoms with van der Waals surface area (Å²) in [6.07, 6.45) is 0. The maximum Gasteiger partial charge on any atom is 0.261 e. The summed E-state index contributed by atoms with van der Waals surface area (Å²) in [5.74, 6) is -3.18. The molecule has 0 aliphatic heterocycles. The molecule has 2 aromatic carbocycles. The average Bonchev–Trinajstić information content (AvgIpc) is 2.44. The molecule has 0 aliphatic rings. The van der Waals surface area contributed by atoms with Crippen LogP contribution >= 0.6 is 39.1 Å². The third-order valence-electron chi connectivity index (χ3n) is 2.63. The molecule has 0 spiro atoms. The number of benzene rings is 2. The van der Waals surface area contributed by atoms with Gasteiger partial charge in [-0.3, -0.25) is 4.79 Å². The van der Waals surface area contributed by atoms with E-state index in [-0.39, 0.29) is 21.4 Å². The van der Waals surface area contributed by atoms with E-state index in [0.29, 0.717) is 4.47 Å². The van der Waals surface area contributed by atoms with Crippen molar-refractivity contribution in [3.05, 3.63) is 56.0 Å². The highest BCUT2D eigenvalue weighted by atomic mass is 79.9. The van der Waals surface area contributed by atoms with Crippen molar-refractivity contribution >= 4 is 56.4 Å². The van der Waals surface area contributed by atoms with Gasteiger partial charge in [-0.15, -0.1) is 0 Å². The topological polar surface area (TPSA) is 55.1 Å². The summed E-state index contributed by atoms with van der Waals surface area (Å²) in [5.41, 5.74) is 4.32. The maximum atomic E-state index is 13.8. The Morgan fingerprint density at radius 1 is 1.14 bits per heavy atom. The number of anilines is 2. The van der Waals surface area contributed by atoms with Crippen molar-refractivity contribution in [3.8, 4) is 0 Å². The van der Waals surface area contributed by atoms with E-state index in [4.69, 9.17) is 28.9 Å². The molecule has 1 amide bonds. The van der Waals surface area contributed by atoms with Gasteiger partial charge in [0.2, 0.25) is 0 Å². The minimum atomic E-state index is -1.13. The molecule has 110 valence electrons. The van der Waals surface area contributed by atoms with Crippen molar-refractivity contribution in [2.45, 2.75) is 0 Å². The van der Waals surface area contributed by atoms with Gasteiger partial charge in [-0.05, 0) is 40.2 Å². The molecule has 2 rings (SSSR count). The molecule has 3 N–H and O–H groups in total. The minimum Gasteiger partial charge on any atom is -0.396 e. The monoisotopic (exact) mass is 394 g/mol. The molecule has 2 aromatic rings. The number of carbonyl (C=O) groups excluding carboxylic acids is 1. The first-order valence-electron chi connectivity index (χ1n) is 5.51. The van der Waals surface area contributed by atoms with Gasteiger partial charge >= 0.3 is 0 Å². The molecule has 0 fully saturated rings. The van der Waals surface area contributed by atoms with Crippen molar-refractivity contribution in [1.82, 2.24) is 0 Å². The minimum absolute atomic E-state index is 0.0455. The van der Waals surface area contributed by atoms with Gasteiger partial charge in [0.25, 0.3) is 5.91 Å². The van der Waals surface area contributed by atoms with Crippen molar-refractivity contribution in [2.24, 2.45) is 0 Å². The van der Waals surface area contributed by atoms with Gasteiger partial charge in [-0.25, -0.2) is 8.78 Å². The fourth-order valence-electron chi connectivity index (χ4n) is 1.58. The molecule has 0 heterocycles. The zero-order valence-corrected chi connectivity index (χ0v) is 13.3. The first-order chi connectivity index (χ1) is 9.82. The van der Waals surface area contributed by atoms with Crippen LogP contribution in [0.5, 0.6) is 0 Å². The van der Waals surface area contributed by atoms with Gasteiger partial charge in [-0.2, -0.15) is 0 Å².